The fraction of sp³-hybridized carbons (Fsp3) is 0.0189. The summed E-state index contributed by atoms with van der Waals surface area (Å²) in [6, 6.07) is 68.9. The molecule has 0 atom stereocenters. The molecule has 12 rings (SSSR count). The summed E-state index contributed by atoms with van der Waals surface area (Å²) in [5.41, 5.74) is 11.5. The van der Waals surface area contributed by atoms with Gasteiger partial charge in [0.25, 0.3) is 0 Å². The molecule has 0 aliphatic heterocycles. The number of aromatic nitrogens is 4. The Morgan fingerprint density at radius 3 is 1.73 bits per heavy atom. The van der Waals surface area contributed by atoms with E-state index < -0.39 is 5.41 Å². The minimum Gasteiger partial charge on any atom is -0.236 e. The van der Waals surface area contributed by atoms with Gasteiger partial charge < -0.3 is 0 Å². The van der Waals surface area contributed by atoms with Crippen molar-refractivity contribution in [1.29, 1.82) is 0 Å². The summed E-state index contributed by atoms with van der Waals surface area (Å²) in [6.07, 6.45) is 0. The molecule has 0 unspecified atom stereocenters. The highest BCUT2D eigenvalue weighted by molar-refractivity contribution is 7.26. The highest BCUT2D eigenvalue weighted by Crippen LogP contribution is 2.55. The van der Waals surface area contributed by atoms with Crippen LogP contribution >= 0.6 is 22.7 Å². The molecule has 4 nitrogen and oxygen atoms in total. The molecule has 0 radical (unpaired) electrons. The van der Waals surface area contributed by atoms with Crippen LogP contribution in [0.1, 0.15) is 22.5 Å². The molecule has 0 saturated carbocycles. The van der Waals surface area contributed by atoms with Crippen LogP contribution < -0.4 is 0 Å². The monoisotopic (exact) mass is 788 g/mol. The molecule has 0 spiro atoms. The van der Waals surface area contributed by atoms with Gasteiger partial charge in [-0.25, -0.2) is 19.9 Å². The first-order valence-corrected chi connectivity index (χ1v) is 21.3. The predicted octanol–water partition coefficient (Wildman–Crippen LogP) is 13.9. The predicted molar refractivity (Wildman–Crippen MR) is 245 cm³/mol. The summed E-state index contributed by atoms with van der Waals surface area (Å²) in [7, 11) is 0. The third-order valence-electron chi connectivity index (χ3n) is 11.6. The maximum absolute atomic E-state index is 5.61. The van der Waals surface area contributed by atoms with Gasteiger partial charge in [0.1, 0.15) is 10.4 Å². The van der Waals surface area contributed by atoms with E-state index in [1.807, 2.05) is 24.3 Å². The molecule has 3 aromatic heterocycles. The number of thiophene rings is 1. The molecule has 0 amide bonds. The Balaban J connectivity index is 1.09. The molecule has 0 N–H and O–H groups in total. The molecule has 1 aliphatic carbocycles. The Bertz CT molecular complexity index is 3350. The van der Waals surface area contributed by atoms with Gasteiger partial charge in [-0.2, -0.15) is 0 Å². The van der Waals surface area contributed by atoms with E-state index in [1.54, 1.807) is 22.7 Å². The molecule has 0 bridgehead atoms. The maximum Gasteiger partial charge on any atom is 0.164 e. The van der Waals surface area contributed by atoms with Crippen LogP contribution in [0.3, 0.4) is 0 Å². The van der Waals surface area contributed by atoms with Crippen LogP contribution in [0.4, 0.5) is 0 Å². The standard InChI is InChI=1S/C53H32N4S2/c1-4-15-33(16-5-1)49-55-50(57-52(56-49)53(37-19-8-3-9-20-37)42-24-12-10-21-38(42)39-22-11-13-25-43(39)53)40-23-14-26-46-48(40)41-31-35(28-30-45(41)58-46)36-27-29-44-47(32-36)59-51(54-44)34-17-6-2-7-18-34/h1-32H. The summed E-state index contributed by atoms with van der Waals surface area (Å²) in [5.74, 6) is 2.00. The number of nitrogens with zero attached hydrogens (tertiary/aromatic N) is 4. The first-order chi connectivity index (χ1) is 29.2. The maximum atomic E-state index is 5.61. The van der Waals surface area contributed by atoms with Crippen LogP contribution in [0.25, 0.3) is 86.0 Å². The van der Waals surface area contributed by atoms with Gasteiger partial charge in [-0.3, -0.25) is 0 Å². The minimum atomic E-state index is -0.775. The van der Waals surface area contributed by atoms with Crippen LogP contribution in [0, 0.1) is 0 Å². The second kappa shape index (κ2) is 13.5. The molecular weight excluding hydrogens is 757 g/mol. The van der Waals surface area contributed by atoms with Gasteiger partial charge in [-0.05, 0) is 69.3 Å². The third-order valence-corrected chi connectivity index (χ3v) is 13.8. The lowest BCUT2D eigenvalue weighted by atomic mass is 9.71. The van der Waals surface area contributed by atoms with Crippen LogP contribution in [-0.2, 0) is 5.41 Å². The van der Waals surface area contributed by atoms with Crippen LogP contribution in [0.5, 0.6) is 0 Å². The fourth-order valence-corrected chi connectivity index (χ4v) is 11.1. The largest absolute Gasteiger partial charge is 0.236 e. The summed E-state index contributed by atoms with van der Waals surface area (Å²) < 4.78 is 3.59. The smallest absolute Gasteiger partial charge is 0.164 e. The normalized spacial score (nSPS) is 12.9. The van der Waals surface area contributed by atoms with Gasteiger partial charge in [0, 0.05) is 36.9 Å². The minimum absolute atomic E-state index is 0.646. The van der Waals surface area contributed by atoms with Crippen LogP contribution in [0.15, 0.2) is 194 Å². The molecule has 6 heteroatoms. The average molecular weight is 789 g/mol. The van der Waals surface area contributed by atoms with Crippen LogP contribution in [0.2, 0.25) is 0 Å². The highest BCUT2D eigenvalue weighted by Gasteiger charge is 2.48. The van der Waals surface area contributed by atoms with E-state index >= 15 is 0 Å². The Hall–Kier alpha value is -7.12. The zero-order valence-electron chi connectivity index (χ0n) is 31.6. The molecule has 0 saturated heterocycles. The molecule has 11 aromatic rings. The lowest BCUT2D eigenvalue weighted by Gasteiger charge is -2.32. The molecule has 8 aromatic carbocycles. The van der Waals surface area contributed by atoms with Crippen LogP contribution in [-0.4, -0.2) is 19.9 Å². The lowest BCUT2D eigenvalue weighted by Crippen LogP contribution is -2.31. The summed E-state index contributed by atoms with van der Waals surface area (Å²) >= 11 is 3.54. The molecule has 0 fully saturated rings. The van der Waals surface area contributed by atoms with Gasteiger partial charge in [-0.1, -0.05) is 164 Å². The Morgan fingerprint density at radius 2 is 0.983 bits per heavy atom. The number of benzene rings is 8. The molecule has 3 heterocycles. The SMILES string of the molecule is c1ccc(-c2nc(-c3cccc4sc5ccc(-c6ccc7nc(-c8ccccc8)sc7c6)cc5c34)nc(C3(c4ccccc4)c4ccccc4-c4ccccc43)n2)cc1. The van der Waals surface area contributed by atoms with Gasteiger partial charge in [0.2, 0.25) is 0 Å². The Labute approximate surface area is 348 Å². The number of hydrogen-bond acceptors (Lipinski definition) is 6. The molecule has 276 valence electrons. The van der Waals surface area contributed by atoms with E-state index in [9.17, 15) is 0 Å². The summed E-state index contributed by atoms with van der Waals surface area (Å²) in [4.78, 5) is 21.4. The Kier molecular flexibility index (Phi) is 7.77. The van der Waals surface area contributed by atoms with E-state index in [-0.39, 0.29) is 0 Å². The molecular formula is C53H32N4S2. The fourth-order valence-electron chi connectivity index (χ4n) is 8.99. The number of hydrogen-bond donors (Lipinski definition) is 0. The Morgan fingerprint density at radius 1 is 0.373 bits per heavy atom. The van der Waals surface area contributed by atoms with E-state index in [1.165, 1.54) is 41.7 Å². The van der Waals surface area contributed by atoms with Crippen molar-refractivity contribution in [3.05, 3.63) is 217 Å². The van der Waals surface area contributed by atoms with E-state index in [0.29, 0.717) is 17.5 Å². The van der Waals surface area contributed by atoms with Crippen molar-refractivity contribution in [2.45, 2.75) is 5.41 Å². The van der Waals surface area contributed by atoms with Crippen molar-refractivity contribution in [2.24, 2.45) is 0 Å². The summed E-state index contributed by atoms with van der Waals surface area (Å²) in [5, 5.41) is 3.37. The third kappa shape index (κ3) is 5.34. The lowest BCUT2D eigenvalue weighted by molar-refractivity contribution is 0.692. The quantitative estimate of drug-likeness (QED) is 0.168. The van der Waals surface area contributed by atoms with Gasteiger partial charge in [0.05, 0.1) is 10.2 Å². The topological polar surface area (TPSA) is 51.6 Å². The van der Waals surface area contributed by atoms with Crippen molar-refractivity contribution in [2.75, 3.05) is 0 Å². The van der Waals surface area contributed by atoms with Crippen molar-refractivity contribution in [3.63, 3.8) is 0 Å². The van der Waals surface area contributed by atoms with Crippen molar-refractivity contribution >= 4 is 53.1 Å². The number of thiazole rings is 1. The van der Waals surface area contributed by atoms with E-state index in [4.69, 9.17) is 19.9 Å². The summed E-state index contributed by atoms with van der Waals surface area (Å²) in [6.45, 7) is 0. The highest BCUT2D eigenvalue weighted by atomic mass is 32.1. The second-order valence-electron chi connectivity index (χ2n) is 14.9. The number of rotatable bonds is 6. The van der Waals surface area contributed by atoms with Gasteiger partial charge >= 0.3 is 0 Å². The second-order valence-corrected chi connectivity index (χ2v) is 17.1. The zero-order valence-corrected chi connectivity index (χ0v) is 33.2. The van der Waals surface area contributed by atoms with Crippen molar-refractivity contribution in [3.8, 4) is 55.6 Å². The first-order valence-electron chi connectivity index (χ1n) is 19.7. The van der Waals surface area contributed by atoms with Gasteiger partial charge in [0.15, 0.2) is 17.5 Å². The van der Waals surface area contributed by atoms with E-state index in [0.717, 1.165) is 49.3 Å². The first kappa shape index (κ1) is 34.0. The van der Waals surface area contributed by atoms with Crippen molar-refractivity contribution in [1.82, 2.24) is 19.9 Å². The zero-order chi connectivity index (χ0) is 38.9. The number of fused-ring (bicyclic) bond motifs is 7. The average Bonchev–Trinajstić information content (AvgIpc) is 4.00. The van der Waals surface area contributed by atoms with Crippen molar-refractivity contribution < 1.29 is 0 Å². The van der Waals surface area contributed by atoms with E-state index in [2.05, 4.69) is 170 Å². The van der Waals surface area contributed by atoms with Gasteiger partial charge in [-0.15, -0.1) is 22.7 Å². The molecule has 59 heavy (non-hydrogen) atoms. The molecule has 1 aliphatic rings.